The number of aromatic nitrogens is 1. The lowest BCUT2D eigenvalue weighted by atomic mass is 10.1. The number of hydrogen-bond acceptors (Lipinski definition) is 10. The van der Waals surface area contributed by atoms with Crippen molar-refractivity contribution < 1.29 is 14.3 Å². The summed E-state index contributed by atoms with van der Waals surface area (Å²) in [6.07, 6.45) is -0.529. The van der Waals surface area contributed by atoms with Crippen LogP contribution in [0.4, 0.5) is 10.5 Å². The summed E-state index contributed by atoms with van der Waals surface area (Å²) in [5.41, 5.74) is 2.16. The number of carbonyl (C=O) groups excluding carboxylic acids is 2. The summed E-state index contributed by atoms with van der Waals surface area (Å²) < 4.78 is 7.46. The first-order valence-electron chi connectivity index (χ1n) is 12.6. The zero-order chi connectivity index (χ0) is 26.2. The van der Waals surface area contributed by atoms with E-state index in [9.17, 15) is 9.59 Å². The minimum absolute atomic E-state index is 0.293. The van der Waals surface area contributed by atoms with Crippen LogP contribution in [0.2, 0.25) is 0 Å². The van der Waals surface area contributed by atoms with Crippen molar-refractivity contribution >= 4 is 56.9 Å². The van der Waals surface area contributed by atoms with Crippen molar-refractivity contribution in [2.24, 2.45) is 4.99 Å². The molecule has 2 saturated heterocycles. The number of nitrogens with zero attached hydrogens (tertiary/aromatic N) is 6. The van der Waals surface area contributed by atoms with E-state index < -0.39 is 18.2 Å². The molecule has 0 radical (unpaired) electrons. The van der Waals surface area contributed by atoms with Crippen molar-refractivity contribution in [3.63, 3.8) is 0 Å². The van der Waals surface area contributed by atoms with E-state index in [0.717, 1.165) is 59.2 Å². The molecule has 12 heteroatoms. The van der Waals surface area contributed by atoms with Crippen LogP contribution >= 0.6 is 23.1 Å². The SMILES string of the molecule is COc1ccc(N2CCN(C3=NC4C(C(=O)NC(=O)N4C)N3CCSc3nc4ccccc4s3)CC2)cc1. The molecule has 3 aliphatic heterocycles. The van der Waals surface area contributed by atoms with Crippen molar-refractivity contribution in [2.75, 3.05) is 57.5 Å². The van der Waals surface area contributed by atoms with Gasteiger partial charge in [-0.05, 0) is 36.4 Å². The number of guanidine groups is 1. The van der Waals surface area contributed by atoms with Gasteiger partial charge < -0.3 is 24.3 Å². The van der Waals surface area contributed by atoms with Gasteiger partial charge in [0.1, 0.15) is 5.75 Å². The number of methoxy groups -OCH3 is 1. The standard InChI is InChI=1S/C26H29N7O3S2/c1-30-22-21(23(34)29-25(30)35)33(15-16-37-26-27-19-5-3-4-6-20(19)38-26)24(28-22)32-13-11-31(12-14-32)17-7-9-18(36-2)10-8-17/h3-10,21-22H,11-16H2,1-2H3,(H,29,34,35). The number of ether oxygens (including phenoxy) is 1. The van der Waals surface area contributed by atoms with Gasteiger partial charge in [-0.1, -0.05) is 23.9 Å². The van der Waals surface area contributed by atoms with Crippen LogP contribution in [0.3, 0.4) is 0 Å². The Labute approximate surface area is 229 Å². The van der Waals surface area contributed by atoms with E-state index in [1.807, 2.05) is 30.3 Å². The predicted octanol–water partition coefficient (Wildman–Crippen LogP) is 2.77. The number of thiazole rings is 1. The van der Waals surface area contributed by atoms with Crippen LogP contribution in [-0.4, -0.2) is 102 Å². The number of benzene rings is 2. The summed E-state index contributed by atoms with van der Waals surface area (Å²) >= 11 is 3.37. The number of amides is 3. The molecule has 10 nitrogen and oxygen atoms in total. The van der Waals surface area contributed by atoms with Gasteiger partial charge in [-0.3, -0.25) is 10.1 Å². The largest absolute Gasteiger partial charge is 0.497 e. The third-order valence-corrected chi connectivity index (χ3v) is 9.33. The first kappa shape index (κ1) is 24.8. The molecule has 38 heavy (non-hydrogen) atoms. The topological polar surface area (TPSA) is 93.6 Å². The summed E-state index contributed by atoms with van der Waals surface area (Å²) in [6, 6.07) is 15.3. The quantitative estimate of drug-likeness (QED) is 0.468. The van der Waals surface area contributed by atoms with Gasteiger partial charge in [0.05, 0.1) is 17.3 Å². The van der Waals surface area contributed by atoms with E-state index in [0.29, 0.717) is 6.54 Å². The van der Waals surface area contributed by atoms with E-state index in [1.54, 1.807) is 37.3 Å². The normalized spacial score (nSPS) is 21.6. The fourth-order valence-corrected chi connectivity index (χ4v) is 7.19. The van der Waals surface area contributed by atoms with Crippen molar-refractivity contribution in [2.45, 2.75) is 16.5 Å². The number of para-hydroxylation sites is 1. The Hall–Kier alpha value is -3.51. The number of piperazine rings is 1. The molecule has 1 N–H and O–H groups in total. The van der Waals surface area contributed by atoms with Crippen LogP contribution < -0.4 is 15.0 Å². The van der Waals surface area contributed by atoms with Crippen LogP contribution in [0, 0.1) is 0 Å². The molecule has 3 aliphatic rings. The first-order valence-corrected chi connectivity index (χ1v) is 14.4. The summed E-state index contributed by atoms with van der Waals surface area (Å²) in [4.78, 5) is 43.2. The molecule has 0 bridgehead atoms. The van der Waals surface area contributed by atoms with Crippen molar-refractivity contribution in [3.8, 4) is 5.75 Å². The van der Waals surface area contributed by atoms with E-state index in [4.69, 9.17) is 14.7 Å². The van der Waals surface area contributed by atoms with E-state index >= 15 is 0 Å². The molecular formula is C26H29N7O3S2. The van der Waals surface area contributed by atoms with Gasteiger partial charge in [-0.25, -0.2) is 14.8 Å². The number of thioether (sulfide) groups is 1. The highest BCUT2D eigenvalue weighted by Gasteiger charge is 2.49. The fourth-order valence-electron chi connectivity index (χ4n) is 5.12. The number of likely N-dealkylation sites (N-methyl/N-ethyl adjacent to an activating group) is 1. The zero-order valence-electron chi connectivity index (χ0n) is 21.2. The Bertz CT molecular complexity index is 1340. The lowest BCUT2D eigenvalue weighted by Gasteiger charge is -2.41. The zero-order valence-corrected chi connectivity index (χ0v) is 22.9. The molecule has 1 aromatic heterocycles. The number of imide groups is 1. The van der Waals surface area contributed by atoms with Gasteiger partial charge in [0.15, 0.2) is 22.5 Å². The maximum Gasteiger partial charge on any atom is 0.325 e. The van der Waals surface area contributed by atoms with E-state index in [-0.39, 0.29) is 5.91 Å². The molecule has 198 valence electrons. The van der Waals surface area contributed by atoms with Crippen LogP contribution in [0.5, 0.6) is 5.75 Å². The molecule has 3 amide bonds. The third kappa shape index (κ3) is 4.62. The molecule has 2 fully saturated rings. The van der Waals surface area contributed by atoms with Crippen LogP contribution in [0.1, 0.15) is 0 Å². The number of fused-ring (bicyclic) bond motifs is 2. The fraction of sp³-hybridized carbons (Fsp3) is 0.385. The Kier molecular flexibility index (Phi) is 6.75. The molecule has 2 unspecified atom stereocenters. The van der Waals surface area contributed by atoms with Crippen LogP contribution in [0.25, 0.3) is 10.2 Å². The monoisotopic (exact) mass is 551 g/mol. The molecule has 4 heterocycles. The number of carbonyl (C=O) groups is 2. The second kappa shape index (κ2) is 10.3. The minimum Gasteiger partial charge on any atom is -0.497 e. The lowest BCUT2D eigenvalue weighted by Crippen LogP contribution is -2.64. The Morgan fingerprint density at radius 2 is 1.79 bits per heavy atom. The van der Waals surface area contributed by atoms with E-state index in [1.165, 1.54) is 9.60 Å². The molecular weight excluding hydrogens is 522 g/mol. The molecule has 6 rings (SSSR count). The first-order chi connectivity index (χ1) is 18.5. The Morgan fingerprint density at radius 1 is 1.05 bits per heavy atom. The highest BCUT2D eigenvalue weighted by atomic mass is 32.2. The number of rotatable bonds is 6. The number of nitrogens with one attached hydrogen (secondary N) is 1. The van der Waals surface area contributed by atoms with Crippen LogP contribution in [0.15, 0.2) is 57.9 Å². The molecule has 2 aromatic carbocycles. The predicted molar refractivity (Wildman–Crippen MR) is 150 cm³/mol. The van der Waals surface area contributed by atoms with Gasteiger partial charge in [0, 0.05) is 51.2 Å². The molecule has 3 aromatic rings. The Balaban J connectivity index is 1.17. The number of anilines is 1. The molecule has 0 aliphatic carbocycles. The second-order valence-corrected chi connectivity index (χ2v) is 11.7. The minimum atomic E-state index is -0.539. The van der Waals surface area contributed by atoms with Crippen molar-refractivity contribution in [3.05, 3.63) is 48.5 Å². The summed E-state index contributed by atoms with van der Waals surface area (Å²) in [5, 5.41) is 2.50. The van der Waals surface area contributed by atoms with Gasteiger partial charge in [-0.2, -0.15) is 0 Å². The van der Waals surface area contributed by atoms with Crippen molar-refractivity contribution in [1.29, 1.82) is 0 Å². The number of aliphatic imine (C=N–C) groups is 1. The summed E-state index contributed by atoms with van der Waals surface area (Å²) in [7, 11) is 3.36. The number of hydrogen-bond donors (Lipinski definition) is 1. The number of urea groups is 1. The van der Waals surface area contributed by atoms with E-state index in [2.05, 4.69) is 38.2 Å². The van der Waals surface area contributed by atoms with Gasteiger partial charge in [-0.15, -0.1) is 11.3 Å². The van der Waals surface area contributed by atoms with Gasteiger partial charge in [0.25, 0.3) is 5.91 Å². The summed E-state index contributed by atoms with van der Waals surface area (Å²) in [6.45, 7) is 3.82. The van der Waals surface area contributed by atoms with Crippen molar-refractivity contribution in [1.82, 2.24) is 25.0 Å². The average Bonchev–Trinajstić information content (AvgIpc) is 3.54. The molecule has 0 spiro atoms. The smallest absolute Gasteiger partial charge is 0.325 e. The maximum atomic E-state index is 13.0. The Morgan fingerprint density at radius 3 is 2.53 bits per heavy atom. The highest BCUT2D eigenvalue weighted by molar-refractivity contribution is 8.01. The average molecular weight is 552 g/mol. The van der Waals surface area contributed by atoms with Gasteiger partial charge >= 0.3 is 6.03 Å². The van der Waals surface area contributed by atoms with Gasteiger partial charge in [0.2, 0.25) is 0 Å². The summed E-state index contributed by atoms with van der Waals surface area (Å²) in [5.74, 6) is 2.08. The molecule has 2 atom stereocenters. The lowest BCUT2D eigenvalue weighted by molar-refractivity contribution is -0.127. The maximum absolute atomic E-state index is 13.0. The highest BCUT2D eigenvalue weighted by Crippen LogP contribution is 2.31. The van der Waals surface area contributed by atoms with Crippen LogP contribution in [-0.2, 0) is 4.79 Å². The second-order valence-electron chi connectivity index (χ2n) is 9.35. The molecule has 0 saturated carbocycles. The third-order valence-electron chi connectivity index (χ3n) is 7.17.